The van der Waals surface area contributed by atoms with Crippen molar-refractivity contribution in [3.05, 3.63) is 119 Å². The zero-order valence-electron chi connectivity index (χ0n) is 24.0. The van der Waals surface area contributed by atoms with Crippen molar-refractivity contribution in [2.75, 3.05) is 20.8 Å². The number of rotatable bonds is 13. The van der Waals surface area contributed by atoms with Crippen LogP contribution in [0.3, 0.4) is 0 Å². The Morgan fingerprint density at radius 1 is 0.833 bits per heavy atom. The maximum absolute atomic E-state index is 13.4. The summed E-state index contributed by atoms with van der Waals surface area (Å²) in [5.74, 6) is 0.865. The molecule has 0 aliphatic rings. The Hall–Kier alpha value is -3.18. The number of nitrogens with one attached hydrogen (secondary N) is 2. The Labute approximate surface area is 283 Å². The second kappa shape index (κ2) is 16.5. The Bertz CT molecular complexity index is 1460. The van der Waals surface area contributed by atoms with Gasteiger partial charge in [-0.3, -0.25) is 10.2 Å². The van der Waals surface area contributed by atoms with Gasteiger partial charge in [0.15, 0.2) is 11.5 Å². The summed E-state index contributed by atoms with van der Waals surface area (Å²) in [6.45, 7) is -0.0950. The molecule has 0 fully saturated rings. The molecule has 2 atom stereocenters. The fourth-order valence-electron chi connectivity index (χ4n) is 4.98. The van der Waals surface area contributed by atoms with E-state index in [1.807, 2.05) is 66.7 Å². The average Bonchev–Trinajstić information content (AvgIpc) is 3.02. The van der Waals surface area contributed by atoms with Crippen LogP contribution in [0.25, 0.3) is 11.1 Å². The molecule has 215 valence electrons. The Kier molecular flexibility index (Phi) is 13.1. The number of hydrogen-bond donors (Lipinski definition) is 4. The van der Waals surface area contributed by atoms with Crippen LogP contribution in [0.1, 0.15) is 33.5 Å². The molecule has 0 saturated carbocycles. The number of amides is 1. The number of carbonyl (C=O) groups excluding carboxylic acids is 1. The van der Waals surface area contributed by atoms with Crippen molar-refractivity contribution in [2.24, 2.45) is 11.7 Å². The number of amidine groups is 1. The molecule has 4 aromatic rings. The van der Waals surface area contributed by atoms with Crippen LogP contribution < -0.4 is 20.5 Å². The van der Waals surface area contributed by atoms with Crippen LogP contribution in [0.5, 0.6) is 11.5 Å². The molecule has 5 N–H and O–H groups in total. The SMILES string of the molecule is COc1ccc(-c2ccc(C(=O)NC(CCc3ccccc3)C(CO)Cc3cccc(C(=N)N)c3)cc2)cc1OC.[Ac]. The van der Waals surface area contributed by atoms with Crippen LogP contribution in [0.2, 0.25) is 0 Å². The molecule has 0 heterocycles. The minimum absolute atomic E-state index is 0. The third-order valence-corrected chi connectivity index (χ3v) is 7.31. The van der Waals surface area contributed by atoms with Crippen molar-refractivity contribution in [2.45, 2.75) is 25.3 Å². The quantitative estimate of drug-likeness (QED) is 0.110. The molecule has 2 unspecified atom stereocenters. The van der Waals surface area contributed by atoms with E-state index in [-0.39, 0.29) is 74.4 Å². The molecule has 4 rings (SSSR count). The first-order valence-corrected chi connectivity index (χ1v) is 13.6. The number of nitrogen functional groups attached to an aromatic ring is 1. The standard InChI is InChI=1S/C34H37N3O4.Ac/c1-40-31-18-16-27(21-32(31)41-2)25-12-14-26(15-13-25)34(39)37-30(17-11-23-7-4-3-5-8-23)29(22-38)20-24-9-6-10-28(19-24)33(35)36;/h3-10,12-16,18-19,21,29-30,38H,11,17,20,22H2,1-2H3,(H3,35,36)(H,37,39);. The fraction of sp³-hybridized carbons (Fsp3) is 0.235. The molecule has 8 heteroatoms. The van der Waals surface area contributed by atoms with Gasteiger partial charge in [-0.25, -0.2) is 0 Å². The second-order valence-electron chi connectivity index (χ2n) is 10.0. The van der Waals surface area contributed by atoms with Crippen LogP contribution in [-0.2, 0) is 12.8 Å². The van der Waals surface area contributed by atoms with Gasteiger partial charge >= 0.3 is 0 Å². The van der Waals surface area contributed by atoms with Gasteiger partial charge in [0.05, 0.1) is 14.2 Å². The summed E-state index contributed by atoms with van der Waals surface area (Å²) in [5, 5.41) is 21.4. The van der Waals surface area contributed by atoms with E-state index >= 15 is 0 Å². The average molecular weight is 779 g/mol. The molecule has 0 saturated heterocycles. The summed E-state index contributed by atoms with van der Waals surface area (Å²) in [7, 11) is 3.20. The number of benzene rings is 4. The van der Waals surface area contributed by atoms with Crippen molar-refractivity contribution in [1.29, 1.82) is 5.41 Å². The van der Waals surface area contributed by atoms with Crippen LogP contribution in [-0.4, -0.2) is 43.7 Å². The normalized spacial score (nSPS) is 12.0. The number of methoxy groups -OCH3 is 2. The van der Waals surface area contributed by atoms with E-state index in [4.69, 9.17) is 20.6 Å². The van der Waals surface area contributed by atoms with Gasteiger partial charge < -0.3 is 25.6 Å². The smallest absolute Gasteiger partial charge is 0.251 e. The maximum Gasteiger partial charge on any atom is 0.251 e. The van der Waals surface area contributed by atoms with Gasteiger partial charge in [0, 0.05) is 73.8 Å². The van der Waals surface area contributed by atoms with Crippen molar-refractivity contribution in [1.82, 2.24) is 5.32 Å². The summed E-state index contributed by atoms with van der Waals surface area (Å²) < 4.78 is 10.8. The minimum Gasteiger partial charge on any atom is -0.493 e. The van der Waals surface area contributed by atoms with Crippen LogP contribution in [0.15, 0.2) is 97.1 Å². The molecular formula is C34H37AcN3O4. The molecule has 4 aromatic carbocycles. The van der Waals surface area contributed by atoms with E-state index in [0.717, 1.165) is 23.1 Å². The van der Waals surface area contributed by atoms with E-state index in [1.54, 1.807) is 32.4 Å². The molecule has 7 nitrogen and oxygen atoms in total. The van der Waals surface area contributed by atoms with Crippen molar-refractivity contribution >= 4 is 11.7 Å². The molecule has 0 aliphatic carbocycles. The van der Waals surface area contributed by atoms with E-state index < -0.39 is 0 Å². The topological polar surface area (TPSA) is 118 Å². The first-order chi connectivity index (χ1) is 19.9. The number of aliphatic hydroxyl groups is 1. The van der Waals surface area contributed by atoms with Crippen LogP contribution >= 0.6 is 0 Å². The molecule has 0 aromatic heterocycles. The van der Waals surface area contributed by atoms with Gasteiger partial charge in [0.1, 0.15) is 5.84 Å². The number of nitrogens with two attached hydrogens (primary N) is 1. The Balaban J connectivity index is 0.00000484. The molecule has 0 bridgehead atoms. The molecule has 0 aliphatic heterocycles. The van der Waals surface area contributed by atoms with E-state index in [9.17, 15) is 9.90 Å². The van der Waals surface area contributed by atoms with Crippen molar-refractivity contribution in [3.63, 3.8) is 0 Å². The third kappa shape index (κ3) is 8.91. The van der Waals surface area contributed by atoms with Crippen LogP contribution in [0.4, 0.5) is 0 Å². The first-order valence-electron chi connectivity index (χ1n) is 13.6. The maximum atomic E-state index is 13.4. The molecule has 1 radical (unpaired) electrons. The number of aliphatic hydroxyl groups excluding tert-OH is 1. The summed E-state index contributed by atoms with van der Waals surface area (Å²) in [4.78, 5) is 13.4. The monoisotopic (exact) mass is 778 g/mol. The number of hydrogen-bond acceptors (Lipinski definition) is 5. The Morgan fingerprint density at radius 3 is 2.14 bits per heavy atom. The number of carbonyl (C=O) groups is 1. The van der Waals surface area contributed by atoms with Gasteiger partial charge in [-0.2, -0.15) is 0 Å². The van der Waals surface area contributed by atoms with Gasteiger partial charge in [-0.1, -0.05) is 66.7 Å². The number of ether oxygens (including phenoxy) is 2. The summed E-state index contributed by atoms with van der Waals surface area (Å²) in [5.41, 5.74) is 10.9. The third-order valence-electron chi connectivity index (χ3n) is 7.31. The van der Waals surface area contributed by atoms with E-state index in [0.29, 0.717) is 35.5 Å². The van der Waals surface area contributed by atoms with Crippen LogP contribution in [0, 0.1) is 55.4 Å². The van der Waals surface area contributed by atoms with Gasteiger partial charge in [0.2, 0.25) is 0 Å². The van der Waals surface area contributed by atoms with E-state index in [2.05, 4.69) is 17.4 Å². The largest absolute Gasteiger partial charge is 0.493 e. The fourth-order valence-corrected chi connectivity index (χ4v) is 4.98. The number of aryl methyl sites for hydroxylation is 1. The van der Waals surface area contributed by atoms with Gasteiger partial charge in [-0.15, -0.1) is 0 Å². The van der Waals surface area contributed by atoms with Crippen molar-refractivity contribution in [3.8, 4) is 22.6 Å². The first kappa shape index (κ1) is 33.3. The molecule has 1 amide bonds. The zero-order valence-corrected chi connectivity index (χ0v) is 28.8. The second-order valence-corrected chi connectivity index (χ2v) is 10.0. The van der Waals surface area contributed by atoms with Gasteiger partial charge in [-0.05, 0) is 71.8 Å². The Morgan fingerprint density at radius 2 is 1.50 bits per heavy atom. The predicted molar refractivity (Wildman–Crippen MR) is 163 cm³/mol. The summed E-state index contributed by atoms with van der Waals surface area (Å²) >= 11 is 0. The molecular weight excluding hydrogens is 741 g/mol. The summed E-state index contributed by atoms with van der Waals surface area (Å²) in [6, 6.07) is 30.4. The summed E-state index contributed by atoms with van der Waals surface area (Å²) in [6.07, 6.45) is 1.96. The zero-order chi connectivity index (χ0) is 29.2. The van der Waals surface area contributed by atoms with Gasteiger partial charge in [0.25, 0.3) is 5.91 Å². The van der Waals surface area contributed by atoms with Crippen molar-refractivity contribution < 1.29 is 63.4 Å². The minimum atomic E-state index is -0.279. The molecule has 42 heavy (non-hydrogen) atoms. The predicted octanol–water partition coefficient (Wildman–Crippen LogP) is 5.24. The molecule has 0 spiro atoms. The van der Waals surface area contributed by atoms with E-state index in [1.165, 1.54) is 5.56 Å².